The number of ether oxygens (including phenoxy) is 2. The van der Waals surface area contributed by atoms with Crippen LogP contribution in [-0.4, -0.2) is 40.7 Å². The lowest BCUT2D eigenvalue weighted by atomic mass is 9.95. The van der Waals surface area contributed by atoms with Crippen molar-refractivity contribution in [1.82, 2.24) is 14.5 Å². The van der Waals surface area contributed by atoms with Crippen LogP contribution in [0.25, 0.3) is 11.3 Å². The van der Waals surface area contributed by atoms with Gasteiger partial charge in [-0.2, -0.15) is 0 Å². The molecule has 0 atom stereocenters. The van der Waals surface area contributed by atoms with Gasteiger partial charge in [0, 0.05) is 12.1 Å². The van der Waals surface area contributed by atoms with Crippen molar-refractivity contribution in [1.29, 1.82) is 0 Å². The number of methoxy groups -OCH3 is 2. The molecule has 0 saturated heterocycles. The lowest BCUT2D eigenvalue weighted by Crippen LogP contribution is -2.17. The number of benzene rings is 1. The van der Waals surface area contributed by atoms with Crippen LogP contribution in [0.5, 0.6) is 0 Å². The summed E-state index contributed by atoms with van der Waals surface area (Å²) in [5.41, 5.74) is 2.10. The van der Waals surface area contributed by atoms with Crippen molar-refractivity contribution in [3.05, 3.63) is 69.1 Å². The van der Waals surface area contributed by atoms with E-state index in [1.807, 2.05) is 30.3 Å². The predicted octanol–water partition coefficient (Wildman–Crippen LogP) is 3.89. The second kappa shape index (κ2) is 8.86. The van der Waals surface area contributed by atoms with E-state index in [9.17, 15) is 14.5 Å². The fourth-order valence-corrected chi connectivity index (χ4v) is 3.61. The van der Waals surface area contributed by atoms with E-state index in [0.717, 1.165) is 5.56 Å². The van der Waals surface area contributed by atoms with Crippen molar-refractivity contribution in [3.8, 4) is 11.3 Å². The number of imidazole rings is 1. The van der Waals surface area contributed by atoms with Crippen LogP contribution in [0.4, 0.5) is 5.82 Å². The van der Waals surface area contributed by atoms with Gasteiger partial charge in [-0.3, -0.25) is 4.98 Å². The molecule has 0 N–H and O–H groups in total. The van der Waals surface area contributed by atoms with Gasteiger partial charge in [-0.15, -0.1) is 4.91 Å². The number of carbonyl (C=O) groups is 2. The zero-order valence-electron chi connectivity index (χ0n) is 17.9. The maximum atomic E-state index is 12.7. The first kappa shape index (κ1) is 21.8. The second-order valence-electron chi connectivity index (χ2n) is 6.89. The molecule has 1 aromatic carbocycles. The summed E-state index contributed by atoms with van der Waals surface area (Å²) in [7, 11) is 2.46. The Bertz CT molecular complexity index is 1130. The molecule has 0 saturated carbocycles. The van der Waals surface area contributed by atoms with E-state index in [1.165, 1.54) is 14.2 Å². The number of rotatable bonds is 6. The number of carbonyl (C=O) groups excluding carboxylic acids is 2. The van der Waals surface area contributed by atoms with Crippen LogP contribution in [0.3, 0.4) is 0 Å². The molecule has 0 aliphatic rings. The van der Waals surface area contributed by atoms with Gasteiger partial charge in [0.2, 0.25) is 5.82 Å². The molecule has 31 heavy (non-hydrogen) atoms. The summed E-state index contributed by atoms with van der Waals surface area (Å²) in [6.07, 6.45) is 0. The maximum Gasteiger partial charge on any atom is 0.340 e. The lowest BCUT2D eigenvalue weighted by Gasteiger charge is -2.19. The Morgan fingerprint density at radius 1 is 0.935 bits per heavy atom. The van der Waals surface area contributed by atoms with Gasteiger partial charge in [-0.05, 0) is 31.5 Å². The van der Waals surface area contributed by atoms with E-state index in [4.69, 9.17) is 9.47 Å². The van der Waals surface area contributed by atoms with Gasteiger partial charge < -0.3 is 14.0 Å². The van der Waals surface area contributed by atoms with Crippen LogP contribution in [0.1, 0.15) is 43.5 Å². The monoisotopic (exact) mass is 422 g/mol. The van der Waals surface area contributed by atoms with Crippen molar-refractivity contribution >= 4 is 17.8 Å². The molecule has 0 bridgehead atoms. The van der Waals surface area contributed by atoms with Crippen molar-refractivity contribution in [2.24, 2.45) is 5.18 Å². The molecule has 2 heterocycles. The zero-order chi connectivity index (χ0) is 22.7. The third-order valence-electron chi connectivity index (χ3n) is 4.98. The Morgan fingerprint density at radius 3 is 1.97 bits per heavy atom. The number of esters is 2. The SMILES string of the molecule is COC(=O)c1c(C)nc(C)c(C(=O)OC)c1-c1c(N=O)nc(C)n1Cc1ccccc1. The normalized spacial score (nSPS) is 10.6. The summed E-state index contributed by atoms with van der Waals surface area (Å²) in [6.45, 7) is 5.31. The minimum atomic E-state index is -0.702. The van der Waals surface area contributed by atoms with E-state index in [1.54, 1.807) is 25.3 Å². The molecular formula is C22H22N4O5. The van der Waals surface area contributed by atoms with Crippen molar-refractivity contribution in [2.45, 2.75) is 27.3 Å². The molecule has 0 unspecified atom stereocenters. The van der Waals surface area contributed by atoms with Crippen LogP contribution < -0.4 is 0 Å². The van der Waals surface area contributed by atoms with Crippen LogP contribution in [-0.2, 0) is 16.0 Å². The molecule has 0 amide bonds. The van der Waals surface area contributed by atoms with E-state index in [2.05, 4.69) is 15.1 Å². The molecule has 0 spiro atoms. The lowest BCUT2D eigenvalue weighted by molar-refractivity contribution is 0.0599. The highest BCUT2D eigenvalue weighted by Crippen LogP contribution is 2.39. The zero-order valence-corrected chi connectivity index (χ0v) is 17.9. The predicted molar refractivity (Wildman–Crippen MR) is 113 cm³/mol. The van der Waals surface area contributed by atoms with Crippen molar-refractivity contribution < 1.29 is 19.1 Å². The molecule has 9 nitrogen and oxygen atoms in total. The summed E-state index contributed by atoms with van der Waals surface area (Å²) in [4.78, 5) is 45.8. The highest BCUT2D eigenvalue weighted by molar-refractivity contribution is 6.07. The largest absolute Gasteiger partial charge is 0.465 e. The first-order valence-electron chi connectivity index (χ1n) is 9.46. The molecule has 0 radical (unpaired) electrons. The number of nitrogens with zero attached hydrogens (tertiary/aromatic N) is 4. The third-order valence-corrected chi connectivity index (χ3v) is 4.98. The highest BCUT2D eigenvalue weighted by atomic mass is 16.5. The minimum absolute atomic E-state index is 0.0487. The first-order valence-corrected chi connectivity index (χ1v) is 9.46. The van der Waals surface area contributed by atoms with Crippen molar-refractivity contribution in [2.75, 3.05) is 14.2 Å². The average Bonchev–Trinajstić information content (AvgIpc) is 3.07. The van der Waals surface area contributed by atoms with Gasteiger partial charge in [0.05, 0.1) is 36.7 Å². The Kier molecular flexibility index (Phi) is 6.24. The first-order chi connectivity index (χ1) is 14.8. The minimum Gasteiger partial charge on any atom is -0.465 e. The molecule has 3 rings (SSSR count). The summed E-state index contributed by atoms with van der Waals surface area (Å²) < 4.78 is 11.6. The average molecular weight is 422 g/mol. The number of hydrogen-bond acceptors (Lipinski definition) is 8. The Labute approximate surface area is 179 Å². The highest BCUT2D eigenvalue weighted by Gasteiger charge is 2.32. The third kappa shape index (κ3) is 3.94. The van der Waals surface area contributed by atoms with E-state index in [0.29, 0.717) is 23.8 Å². The number of aryl methyl sites for hydroxylation is 3. The summed E-state index contributed by atoms with van der Waals surface area (Å²) in [5, 5.41) is 3.08. The van der Waals surface area contributed by atoms with E-state index >= 15 is 0 Å². The van der Waals surface area contributed by atoms with Gasteiger partial charge >= 0.3 is 11.9 Å². The van der Waals surface area contributed by atoms with Crippen LogP contribution in [0.15, 0.2) is 35.5 Å². The standard InChI is InChI=1S/C22H22N4O5/c1-12-16(21(27)30-4)18(17(13(2)23-12)22(28)31-5)19-20(25-29)24-14(3)26(19)11-15-9-7-6-8-10-15/h6-10H,11H2,1-5H3. The topological polar surface area (TPSA) is 113 Å². The fraction of sp³-hybridized carbons (Fsp3) is 0.273. The molecule has 0 aliphatic heterocycles. The van der Waals surface area contributed by atoms with Crippen LogP contribution >= 0.6 is 0 Å². The van der Waals surface area contributed by atoms with Gasteiger partial charge in [0.1, 0.15) is 11.5 Å². The Morgan fingerprint density at radius 2 is 1.48 bits per heavy atom. The Balaban J connectivity index is 2.45. The molecule has 160 valence electrons. The van der Waals surface area contributed by atoms with E-state index in [-0.39, 0.29) is 28.2 Å². The molecule has 2 aromatic heterocycles. The summed E-state index contributed by atoms with van der Waals surface area (Å²) in [6, 6.07) is 9.51. The molecular weight excluding hydrogens is 400 g/mol. The fourth-order valence-electron chi connectivity index (χ4n) is 3.61. The second-order valence-corrected chi connectivity index (χ2v) is 6.89. The van der Waals surface area contributed by atoms with E-state index < -0.39 is 11.9 Å². The Hall–Kier alpha value is -3.88. The van der Waals surface area contributed by atoms with Gasteiger partial charge in [0.25, 0.3) is 0 Å². The van der Waals surface area contributed by atoms with Crippen LogP contribution in [0, 0.1) is 25.7 Å². The van der Waals surface area contributed by atoms with Crippen LogP contribution in [0.2, 0.25) is 0 Å². The number of pyridine rings is 1. The molecule has 0 aliphatic carbocycles. The maximum absolute atomic E-state index is 12.7. The summed E-state index contributed by atoms with van der Waals surface area (Å²) >= 11 is 0. The van der Waals surface area contributed by atoms with Crippen molar-refractivity contribution in [3.63, 3.8) is 0 Å². The number of nitroso groups, excluding NO2 is 1. The quantitative estimate of drug-likeness (QED) is 0.437. The van der Waals surface area contributed by atoms with Gasteiger partial charge in [-0.1, -0.05) is 30.3 Å². The summed E-state index contributed by atoms with van der Waals surface area (Å²) in [5.74, 6) is -1.06. The molecule has 0 fully saturated rings. The molecule has 9 heteroatoms. The smallest absolute Gasteiger partial charge is 0.340 e. The number of hydrogen-bond donors (Lipinski definition) is 0. The van der Waals surface area contributed by atoms with Gasteiger partial charge in [-0.25, -0.2) is 14.6 Å². The van der Waals surface area contributed by atoms with Gasteiger partial charge in [0.15, 0.2) is 0 Å². The number of aromatic nitrogens is 3. The molecule has 3 aromatic rings.